The predicted molar refractivity (Wildman–Crippen MR) is 65.3 cm³/mol. The van der Waals surface area contributed by atoms with E-state index in [9.17, 15) is 9.59 Å². The van der Waals surface area contributed by atoms with Crippen molar-refractivity contribution in [3.63, 3.8) is 0 Å². The molecule has 0 rings (SSSR count). The summed E-state index contributed by atoms with van der Waals surface area (Å²) in [6.45, 7) is 7.21. The van der Waals surface area contributed by atoms with Gasteiger partial charge >= 0.3 is 0 Å². The van der Waals surface area contributed by atoms with Gasteiger partial charge in [0.25, 0.3) is 0 Å². The molecule has 0 aromatic heterocycles. The summed E-state index contributed by atoms with van der Waals surface area (Å²) in [5.74, 6) is 0.337. The van der Waals surface area contributed by atoms with Crippen molar-refractivity contribution in [2.45, 2.75) is 40.0 Å². The molecule has 16 heavy (non-hydrogen) atoms. The highest BCUT2D eigenvalue weighted by molar-refractivity contribution is 5.78. The van der Waals surface area contributed by atoms with Crippen LogP contribution in [0.3, 0.4) is 0 Å². The first-order valence-electron chi connectivity index (χ1n) is 5.95. The number of ketones is 1. The van der Waals surface area contributed by atoms with Crippen molar-refractivity contribution in [3.05, 3.63) is 0 Å². The summed E-state index contributed by atoms with van der Waals surface area (Å²) in [6.07, 6.45) is 1.96. The van der Waals surface area contributed by atoms with Crippen molar-refractivity contribution in [1.29, 1.82) is 0 Å². The van der Waals surface area contributed by atoms with Gasteiger partial charge in [0.2, 0.25) is 5.91 Å². The Bertz CT molecular complexity index is 220. The Morgan fingerprint density at radius 2 is 2.00 bits per heavy atom. The second-order valence-corrected chi connectivity index (χ2v) is 4.05. The Balaban J connectivity index is 0. The van der Waals surface area contributed by atoms with Crippen molar-refractivity contribution in [3.8, 4) is 0 Å². The SMILES string of the molecule is CCC(=O)CCCOCCNC(=O)C(C)C.[HH]. The lowest BCUT2D eigenvalue weighted by Gasteiger charge is -2.07. The van der Waals surface area contributed by atoms with Crippen molar-refractivity contribution in [2.24, 2.45) is 5.92 Å². The lowest BCUT2D eigenvalue weighted by Crippen LogP contribution is -2.30. The van der Waals surface area contributed by atoms with Crippen LogP contribution in [0.2, 0.25) is 0 Å². The number of ether oxygens (including phenoxy) is 1. The third kappa shape index (κ3) is 8.41. The van der Waals surface area contributed by atoms with Crippen molar-refractivity contribution in [2.75, 3.05) is 19.8 Å². The first-order valence-corrected chi connectivity index (χ1v) is 5.95. The highest BCUT2D eigenvalue weighted by atomic mass is 16.5. The number of Topliss-reactive ketones (excluding diaryl/α,β-unsaturated/α-hetero) is 1. The molecule has 0 atom stereocenters. The zero-order valence-corrected chi connectivity index (χ0v) is 10.5. The fourth-order valence-corrected chi connectivity index (χ4v) is 1.10. The molecule has 0 unspecified atom stereocenters. The van der Waals surface area contributed by atoms with Gasteiger partial charge in [0.05, 0.1) is 6.61 Å². The van der Waals surface area contributed by atoms with E-state index in [1.54, 1.807) is 0 Å². The van der Waals surface area contributed by atoms with Gasteiger partial charge in [0.1, 0.15) is 5.78 Å². The van der Waals surface area contributed by atoms with E-state index in [2.05, 4.69) is 5.32 Å². The number of carbonyl (C=O) groups is 2. The standard InChI is InChI=1S/C12H23NO3.H2/c1-4-11(14)6-5-8-16-9-7-13-12(15)10(2)3;/h10H,4-9H2,1-3H3,(H,13,15);1H. The summed E-state index contributed by atoms with van der Waals surface area (Å²) in [5.41, 5.74) is 0. The van der Waals surface area contributed by atoms with Crippen molar-refractivity contribution < 1.29 is 15.8 Å². The largest absolute Gasteiger partial charge is 0.380 e. The highest BCUT2D eigenvalue weighted by Crippen LogP contribution is 1.95. The van der Waals surface area contributed by atoms with Gasteiger partial charge in [-0.2, -0.15) is 0 Å². The monoisotopic (exact) mass is 231 g/mol. The van der Waals surface area contributed by atoms with Crippen LogP contribution in [0, 0.1) is 5.92 Å². The quantitative estimate of drug-likeness (QED) is 0.615. The molecule has 0 fully saturated rings. The summed E-state index contributed by atoms with van der Waals surface area (Å²) < 4.78 is 5.29. The summed E-state index contributed by atoms with van der Waals surface area (Å²) in [6, 6.07) is 0. The van der Waals surface area contributed by atoms with Crippen LogP contribution >= 0.6 is 0 Å². The average Bonchev–Trinajstić information content (AvgIpc) is 2.26. The molecule has 0 aromatic carbocycles. The minimum absolute atomic E-state index is 0. The maximum Gasteiger partial charge on any atom is 0.222 e. The zero-order valence-electron chi connectivity index (χ0n) is 10.5. The molecular weight excluding hydrogens is 206 g/mol. The molecule has 0 saturated heterocycles. The zero-order chi connectivity index (χ0) is 12.4. The number of hydrogen-bond donors (Lipinski definition) is 1. The molecule has 0 aromatic rings. The number of amides is 1. The predicted octanol–water partition coefficient (Wildman–Crippen LogP) is 1.78. The Morgan fingerprint density at radius 3 is 2.56 bits per heavy atom. The second kappa shape index (κ2) is 9.33. The minimum Gasteiger partial charge on any atom is -0.380 e. The van der Waals surface area contributed by atoms with Crippen LogP contribution in [-0.2, 0) is 14.3 Å². The maximum atomic E-state index is 11.1. The van der Waals surface area contributed by atoms with Gasteiger partial charge in [-0.25, -0.2) is 0 Å². The molecule has 1 N–H and O–H groups in total. The van der Waals surface area contributed by atoms with Gasteiger partial charge < -0.3 is 10.1 Å². The molecule has 0 heterocycles. The van der Waals surface area contributed by atoms with E-state index < -0.39 is 0 Å². The fraction of sp³-hybridized carbons (Fsp3) is 0.833. The van der Waals surface area contributed by atoms with Crippen LogP contribution in [-0.4, -0.2) is 31.4 Å². The Kier molecular flexibility index (Phi) is 8.81. The van der Waals surface area contributed by atoms with Gasteiger partial charge in [0.15, 0.2) is 0 Å². The topological polar surface area (TPSA) is 55.4 Å². The van der Waals surface area contributed by atoms with E-state index in [0.29, 0.717) is 32.6 Å². The number of rotatable bonds is 9. The number of hydrogen-bond acceptors (Lipinski definition) is 3. The van der Waals surface area contributed by atoms with Crippen LogP contribution < -0.4 is 5.32 Å². The molecule has 0 aliphatic carbocycles. The van der Waals surface area contributed by atoms with E-state index >= 15 is 0 Å². The first-order chi connectivity index (χ1) is 7.57. The molecule has 96 valence electrons. The molecule has 0 bridgehead atoms. The molecular formula is C12H25NO3. The van der Waals surface area contributed by atoms with Crippen LogP contribution in [0.15, 0.2) is 0 Å². The molecule has 0 radical (unpaired) electrons. The number of nitrogens with one attached hydrogen (secondary N) is 1. The molecule has 0 aliphatic heterocycles. The van der Waals surface area contributed by atoms with Crippen molar-refractivity contribution >= 4 is 11.7 Å². The summed E-state index contributed by atoms with van der Waals surface area (Å²) in [7, 11) is 0. The molecule has 0 aliphatic rings. The van der Waals surface area contributed by atoms with E-state index in [1.165, 1.54) is 0 Å². The molecule has 0 saturated carbocycles. The number of carbonyl (C=O) groups excluding carboxylic acids is 2. The molecule has 1 amide bonds. The van der Waals surface area contributed by atoms with Crippen LogP contribution in [0.25, 0.3) is 0 Å². The van der Waals surface area contributed by atoms with Gasteiger partial charge in [-0.3, -0.25) is 9.59 Å². The van der Waals surface area contributed by atoms with Crippen LogP contribution in [0.5, 0.6) is 0 Å². The Labute approximate surface area is 99.2 Å². The van der Waals surface area contributed by atoms with Gasteiger partial charge in [0, 0.05) is 33.3 Å². The lowest BCUT2D eigenvalue weighted by atomic mass is 10.2. The third-order valence-electron chi connectivity index (χ3n) is 2.21. The summed E-state index contributed by atoms with van der Waals surface area (Å²) in [5, 5.41) is 2.76. The molecule has 4 nitrogen and oxygen atoms in total. The molecule has 0 spiro atoms. The first kappa shape index (κ1) is 15.1. The summed E-state index contributed by atoms with van der Waals surface area (Å²) >= 11 is 0. The van der Waals surface area contributed by atoms with E-state index in [1.807, 2.05) is 20.8 Å². The van der Waals surface area contributed by atoms with Crippen LogP contribution in [0.1, 0.15) is 41.5 Å². The Morgan fingerprint density at radius 1 is 1.31 bits per heavy atom. The Hall–Kier alpha value is -0.900. The summed E-state index contributed by atoms with van der Waals surface area (Å²) in [4.78, 5) is 22.1. The second-order valence-electron chi connectivity index (χ2n) is 4.05. The van der Waals surface area contributed by atoms with Gasteiger partial charge in [-0.1, -0.05) is 20.8 Å². The fourth-order valence-electron chi connectivity index (χ4n) is 1.10. The lowest BCUT2D eigenvalue weighted by molar-refractivity contribution is -0.124. The minimum atomic E-state index is 0. The third-order valence-corrected chi connectivity index (χ3v) is 2.21. The van der Waals surface area contributed by atoms with Crippen molar-refractivity contribution in [1.82, 2.24) is 5.32 Å². The van der Waals surface area contributed by atoms with Crippen LogP contribution in [0.4, 0.5) is 0 Å². The molecule has 4 heteroatoms. The van der Waals surface area contributed by atoms with E-state index in [4.69, 9.17) is 4.74 Å². The van der Waals surface area contributed by atoms with E-state index in [-0.39, 0.29) is 19.0 Å². The van der Waals surface area contributed by atoms with Gasteiger partial charge in [-0.05, 0) is 6.42 Å². The smallest absolute Gasteiger partial charge is 0.222 e. The highest BCUT2D eigenvalue weighted by Gasteiger charge is 2.04. The van der Waals surface area contributed by atoms with Gasteiger partial charge in [-0.15, -0.1) is 0 Å². The maximum absolute atomic E-state index is 11.1. The van der Waals surface area contributed by atoms with E-state index in [0.717, 1.165) is 6.42 Å². The normalized spacial score (nSPS) is 10.5. The average molecular weight is 231 g/mol.